The Morgan fingerprint density at radius 2 is 1.65 bits per heavy atom. The van der Waals surface area contributed by atoms with E-state index in [2.05, 4.69) is 29.5 Å². The van der Waals surface area contributed by atoms with Gasteiger partial charge in [0.1, 0.15) is 18.1 Å². The van der Waals surface area contributed by atoms with Gasteiger partial charge in [0.15, 0.2) is 17.3 Å². The molecule has 5 rings (SSSR count). The first-order valence-electron chi connectivity index (χ1n) is 14.5. The van der Waals surface area contributed by atoms with E-state index in [9.17, 15) is 14.4 Å². The lowest BCUT2D eigenvalue weighted by molar-refractivity contribution is -0.128. The van der Waals surface area contributed by atoms with Gasteiger partial charge in [-0.15, -0.1) is 5.10 Å². The summed E-state index contributed by atoms with van der Waals surface area (Å²) in [4.78, 5) is 43.3. The van der Waals surface area contributed by atoms with Crippen LogP contribution in [0, 0.1) is 0 Å². The van der Waals surface area contributed by atoms with Crippen LogP contribution in [0.25, 0.3) is 11.0 Å². The topological polar surface area (TPSA) is 116 Å². The summed E-state index contributed by atoms with van der Waals surface area (Å²) in [6.45, 7) is 11.2. The van der Waals surface area contributed by atoms with Crippen LogP contribution in [-0.2, 0) is 16.1 Å². The number of hydrogen-bond donors (Lipinski definition) is 1. The Morgan fingerprint density at radius 3 is 2.30 bits per heavy atom. The van der Waals surface area contributed by atoms with Crippen molar-refractivity contribution < 1.29 is 23.9 Å². The van der Waals surface area contributed by atoms with Crippen molar-refractivity contribution in [1.29, 1.82) is 0 Å². The van der Waals surface area contributed by atoms with E-state index in [0.29, 0.717) is 34.5 Å². The van der Waals surface area contributed by atoms with Crippen LogP contribution in [0.3, 0.4) is 0 Å². The van der Waals surface area contributed by atoms with Crippen LogP contribution in [0.1, 0.15) is 81.4 Å². The van der Waals surface area contributed by atoms with Crippen LogP contribution < -0.4 is 19.7 Å². The van der Waals surface area contributed by atoms with Gasteiger partial charge in [0, 0.05) is 17.2 Å². The zero-order valence-electron chi connectivity index (χ0n) is 25.4. The number of ether oxygens (including phenoxy) is 2. The second kappa shape index (κ2) is 11.9. The molecule has 0 radical (unpaired) electrons. The van der Waals surface area contributed by atoms with Gasteiger partial charge in [-0.3, -0.25) is 19.3 Å². The molecule has 0 saturated heterocycles. The van der Waals surface area contributed by atoms with Gasteiger partial charge in [-0.25, -0.2) is 4.68 Å². The highest BCUT2D eigenvalue weighted by atomic mass is 16.7. The first-order chi connectivity index (χ1) is 20.5. The number of amides is 2. The van der Waals surface area contributed by atoms with Crippen molar-refractivity contribution in [2.75, 3.05) is 11.7 Å². The lowest BCUT2D eigenvalue weighted by Crippen LogP contribution is -2.51. The highest BCUT2D eigenvalue weighted by Crippen LogP contribution is 2.41. The smallest absolute Gasteiger partial charge is 0.249 e. The number of carbonyl (C=O) groups excluding carboxylic acids is 3. The van der Waals surface area contributed by atoms with Crippen molar-refractivity contribution in [2.24, 2.45) is 0 Å². The fraction of sp³-hybridized carbons (Fsp3) is 0.364. The Labute approximate surface area is 251 Å². The third-order valence-corrected chi connectivity index (χ3v) is 7.87. The monoisotopic (exact) mass is 583 g/mol. The minimum absolute atomic E-state index is 0.0136. The van der Waals surface area contributed by atoms with Gasteiger partial charge in [-0.05, 0) is 62.4 Å². The van der Waals surface area contributed by atoms with E-state index in [1.165, 1.54) is 16.5 Å². The van der Waals surface area contributed by atoms with E-state index in [1.54, 1.807) is 12.1 Å². The standard InChI is InChI=1S/C33H37N5O5/c1-7-33(5,6)34-32(41)31(23-14-12-22(13-15-23)20(2)3)38(27-17-29-28(42-19-43-29)16-24(27)21(4)39)30(40)18-37-26-11-9-8-10-25(26)35-36-37/h8-17,20,31H,7,18-19H2,1-6H3,(H,34,41)/t31-/m0/s1. The minimum Gasteiger partial charge on any atom is -0.454 e. The van der Waals surface area contributed by atoms with Gasteiger partial charge < -0.3 is 14.8 Å². The fourth-order valence-corrected chi connectivity index (χ4v) is 5.04. The number of rotatable bonds is 10. The lowest BCUT2D eigenvalue weighted by atomic mass is 9.95. The maximum Gasteiger partial charge on any atom is 0.249 e. The van der Waals surface area contributed by atoms with E-state index in [4.69, 9.17) is 9.47 Å². The van der Waals surface area contributed by atoms with Crippen molar-refractivity contribution in [3.8, 4) is 11.5 Å². The summed E-state index contributed by atoms with van der Waals surface area (Å²) in [7, 11) is 0. The Hall–Kier alpha value is -4.73. The van der Waals surface area contributed by atoms with Gasteiger partial charge in [-0.1, -0.05) is 62.4 Å². The zero-order valence-corrected chi connectivity index (χ0v) is 25.4. The molecule has 0 bridgehead atoms. The van der Waals surface area contributed by atoms with Crippen molar-refractivity contribution >= 4 is 34.3 Å². The molecule has 224 valence electrons. The zero-order chi connectivity index (χ0) is 30.9. The number of Topliss-reactive ketones (excluding diaryl/α,β-unsaturated/α-hetero) is 1. The highest BCUT2D eigenvalue weighted by molar-refractivity contribution is 6.08. The molecule has 10 nitrogen and oxygen atoms in total. The van der Waals surface area contributed by atoms with Gasteiger partial charge in [0.25, 0.3) is 0 Å². The molecule has 1 atom stereocenters. The molecule has 4 aromatic rings. The number of carbonyl (C=O) groups is 3. The van der Waals surface area contributed by atoms with Crippen LogP contribution in [0.15, 0.2) is 60.7 Å². The first-order valence-corrected chi connectivity index (χ1v) is 14.5. The minimum atomic E-state index is -1.12. The molecule has 43 heavy (non-hydrogen) atoms. The van der Waals surface area contributed by atoms with Crippen molar-refractivity contribution in [3.63, 3.8) is 0 Å². The lowest BCUT2D eigenvalue weighted by Gasteiger charge is -2.35. The summed E-state index contributed by atoms with van der Waals surface area (Å²) in [6, 6.07) is 17.0. The Balaban J connectivity index is 1.71. The molecule has 3 aromatic carbocycles. The van der Waals surface area contributed by atoms with E-state index >= 15 is 0 Å². The second-order valence-corrected chi connectivity index (χ2v) is 11.7. The molecule has 1 aliphatic heterocycles. The number of nitrogens with one attached hydrogen (secondary N) is 1. The molecule has 2 amide bonds. The molecule has 2 heterocycles. The maximum absolute atomic E-state index is 14.5. The predicted octanol–water partition coefficient (Wildman–Crippen LogP) is 5.57. The van der Waals surface area contributed by atoms with Gasteiger partial charge in [0.2, 0.25) is 18.6 Å². The second-order valence-electron chi connectivity index (χ2n) is 11.7. The summed E-state index contributed by atoms with van der Waals surface area (Å²) in [5, 5.41) is 11.5. The molecular formula is C33H37N5O5. The molecule has 1 aromatic heterocycles. The third kappa shape index (κ3) is 6.09. The van der Waals surface area contributed by atoms with Crippen molar-refractivity contribution in [2.45, 2.75) is 72.0 Å². The number of nitrogens with zero attached hydrogens (tertiary/aromatic N) is 4. The maximum atomic E-state index is 14.5. The number of anilines is 1. The van der Waals surface area contributed by atoms with E-state index < -0.39 is 17.5 Å². The number of para-hydroxylation sites is 1. The summed E-state index contributed by atoms with van der Waals surface area (Å²) >= 11 is 0. The summed E-state index contributed by atoms with van der Waals surface area (Å²) < 4.78 is 12.7. The highest BCUT2D eigenvalue weighted by Gasteiger charge is 2.38. The van der Waals surface area contributed by atoms with Crippen LogP contribution in [0.4, 0.5) is 5.69 Å². The average molecular weight is 584 g/mol. The molecule has 0 fully saturated rings. The predicted molar refractivity (Wildman–Crippen MR) is 163 cm³/mol. The molecule has 0 spiro atoms. The van der Waals surface area contributed by atoms with Crippen molar-refractivity contribution in [1.82, 2.24) is 20.3 Å². The number of fused-ring (bicyclic) bond motifs is 2. The number of benzene rings is 3. The largest absolute Gasteiger partial charge is 0.454 e. The Bertz CT molecular complexity index is 1680. The summed E-state index contributed by atoms with van der Waals surface area (Å²) in [5.74, 6) is -0.0740. The Morgan fingerprint density at radius 1 is 1.00 bits per heavy atom. The summed E-state index contributed by atoms with van der Waals surface area (Å²) in [6.07, 6.45) is 0.666. The molecule has 0 saturated carbocycles. The van der Waals surface area contributed by atoms with Crippen LogP contribution in [0.2, 0.25) is 0 Å². The van der Waals surface area contributed by atoms with Gasteiger partial charge in [-0.2, -0.15) is 0 Å². The third-order valence-electron chi connectivity index (χ3n) is 7.87. The van der Waals surface area contributed by atoms with Crippen LogP contribution in [-0.4, -0.2) is 44.9 Å². The number of ketones is 1. The molecule has 0 aliphatic carbocycles. The molecular weight excluding hydrogens is 546 g/mol. The molecule has 1 N–H and O–H groups in total. The first kappa shape index (κ1) is 29.8. The van der Waals surface area contributed by atoms with Crippen molar-refractivity contribution in [3.05, 3.63) is 77.4 Å². The molecule has 0 unspecified atom stereocenters. The Kier molecular flexibility index (Phi) is 8.21. The van der Waals surface area contributed by atoms with E-state index in [0.717, 1.165) is 5.56 Å². The normalized spacial score (nSPS) is 13.3. The average Bonchev–Trinajstić information content (AvgIpc) is 3.61. The van der Waals surface area contributed by atoms with E-state index in [-0.39, 0.29) is 42.2 Å². The SMILES string of the molecule is CCC(C)(C)NC(=O)[C@H](c1ccc(C(C)C)cc1)N(C(=O)Cn1nnc2ccccc21)c1cc2c(cc1C(C)=O)OCO2. The van der Waals surface area contributed by atoms with Crippen LogP contribution >= 0.6 is 0 Å². The quantitative estimate of drug-likeness (QED) is 0.243. The molecule has 10 heteroatoms. The fourth-order valence-electron chi connectivity index (χ4n) is 5.04. The van der Waals surface area contributed by atoms with Gasteiger partial charge >= 0.3 is 0 Å². The summed E-state index contributed by atoms with van der Waals surface area (Å²) in [5.41, 5.74) is 2.91. The molecule has 1 aliphatic rings. The van der Waals surface area contributed by atoms with Crippen LogP contribution in [0.5, 0.6) is 11.5 Å². The number of aromatic nitrogens is 3. The van der Waals surface area contributed by atoms with Gasteiger partial charge in [0.05, 0.1) is 11.2 Å². The number of hydrogen-bond acceptors (Lipinski definition) is 7. The van der Waals surface area contributed by atoms with E-state index in [1.807, 2.05) is 69.3 Å².